The lowest BCUT2D eigenvalue weighted by Gasteiger charge is -2.32. The Balaban J connectivity index is 2.31. The number of carbonyl (C=O) groups is 1. The molecule has 0 saturated carbocycles. The van der Waals surface area contributed by atoms with Crippen molar-refractivity contribution in [2.45, 2.75) is 40.3 Å². The molecular weight excluding hydrogens is 360 g/mol. The van der Waals surface area contributed by atoms with Gasteiger partial charge in [0.2, 0.25) is 15.9 Å². The molecule has 27 heavy (non-hydrogen) atoms. The van der Waals surface area contributed by atoms with Crippen LogP contribution in [0.2, 0.25) is 0 Å². The van der Waals surface area contributed by atoms with Crippen LogP contribution in [0.15, 0.2) is 42.5 Å². The lowest BCUT2D eigenvalue weighted by molar-refractivity contribution is -0.131. The van der Waals surface area contributed by atoms with Crippen LogP contribution in [0.1, 0.15) is 29.2 Å². The fraction of sp³-hybridized carbons (Fsp3) is 0.381. The predicted molar refractivity (Wildman–Crippen MR) is 110 cm³/mol. The van der Waals surface area contributed by atoms with Crippen molar-refractivity contribution in [1.29, 1.82) is 0 Å². The largest absolute Gasteiger partial charge is 0.340 e. The van der Waals surface area contributed by atoms with Crippen LogP contribution < -0.4 is 4.31 Å². The van der Waals surface area contributed by atoms with Gasteiger partial charge in [-0.3, -0.25) is 9.10 Å². The van der Waals surface area contributed by atoms with Crippen molar-refractivity contribution in [3.63, 3.8) is 0 Å². The number of amides is 1. The third-order valence-corrected chi connectivity index (χ3v) is 5.81. The van der Waals surface area contributed by atoms with Crippen LogP contribution in [0.25, 0.3) is 0 Å². The van der Waals surface area contributed by atoms with Crippen molar-refractivity contribution < 1.29 is 13.2 Å². The molecule has 0 heterocycles. The molecule has 0 saturated heterocycles. The zero-order valence-electron chi connectivity index (χ0n) is 16.9. The third-order valence-electron chi connectivity index (χ3n) is 4.59. The number of aryl methyl sites for hydroxylation is 3. The molecule has 2 aromatic carbocycles. The number of likely N-dealkylation sites (N-methyl/N-ethyl adjacent to an activating group) is 1. The number of sulfonamides is 1. The third kappa shape index (κ3) is 5.10. The number of nitrogens with zero attached hydrogens (tertiary/aromatic N) is 2. The molecule has 2 aromatic rings. The van der Waals surface area contributed by atoms with Gasteiger partial charge in [-0.25, -0.2) is 8.42 Å². The summed E-state index contributed by atoms with van der Waals surface area (Å²) >= 11 is 0. The molecule has 0 bridgehead atoms. The van der Waals surface area contributed by atoms with Gasteiger partial charge in [0.1, 0.15) is 6.04 Å². The lowest BCUT2D eigenvalue weighted by Crippen LogP contribution is -2.48. The van der Waals surface area contributed by atoms with E-state index in [-0.39, 0.29) is 5.91 Å². The Morgan fingerprint density at radius 1 is 1.00 bits per heavy atom. The van der Waals surface area contributed by atoms with Crippen LogP contribution in [0.3, 0.4) is 0 Å². The van der Waals surface area contributed by atoms with Crippen molar-refractivity contribution >= 4 is 21.6 Å². The summed E-state index contributed by atoms with van der Waals surface area (Å²) in [5, 5.41) is 0. The highest BCUT2D eigenvalue weighted by atomic mass is 32.2. The Labute approximate surface area is 162 Å². The quantitative estimate of drug-likeness (QED) is 0.762. The highest BCUT2D eigenvalue weighted by Crippen LogP contribution is 2.27. The van der Waals surface area contributed by atoms with Crippen molar-refractivity contribution in [2.75, 3.05) is 17.6 Å². The Morgan fingerprint density at radius 2 is 1.56 bits per heavy atom. The van der Waals surface area contributed by atoms with Gasteiger partial charge in [0, 0.05) is 13.6 Å². The smallest absolute Gasteiger partial charge is 0.246 e. The zero-order valence-corrected chi connectivity index (χ0v) is 17.7. The van der Waals surface area contributed by atoms with Crippen molar-refractivity contribution in [2.24, 2.45) is 0 Å². The molecule has 1 amide bonds. The Bertz CT molecular complexity index is 921. The standard InChI is InChI=1S/C21H28N2O3S/c1-15-8-11-19(12-9-15)14-22(5)21(24)18(4)23(27(6,25)26)20-13-16(2)7-10-17(20)3/h7-13,18H,14H2,1-6H3. The molecule has 1 unspecified atom stereocenters. The summed E-state index contributed by atoms with van der Waals surface area (Å²) in [4.78, 5) is 14.6. The van der Waals surface area contributed by atoms with E-state index in [0.717, 1.165) is 28.5 Å². The van der Waals surface area contributed by atoms with Gasteiger partial charge in [-0.05, 0) is 50.5 Å². The van der Waals surface area contributed by atoms with Gasteiger partial charge in [0.25, 0.3) is 0 Å². The molecule has 0 fully saturated rings. The first-order chi connectivity index (χ1) is 12.5. The Kier molecular flexibility index (Phi) is 6.31. The zero-order chi connectivity index (χ0) is 20.4. The van der Waals surface area contributed by atoms with Crippen LogP contribution in [0, 0.1) is 20.8 Å². The molecule has 0 aliphatic carbocycles. The minimum Gasteiger partial charge on any atom is -0.340 e. The molecule has 1 atom stereocenters. The van der Waals surface area contributed by atoms with Crippen LogP contribution in [0.4, 0.5) is 5.69 Å². The summed E-state index contributed by atoms with van der Waals surface area (Å²) in [5.41, 5.74) is 4.45. The molecule has 0 aliphatic rings. The number of rotatable bonds is 6. The second kappa shape index (κ2) is 8.13. The number of anilines is 1. The SMILES string of the molecule is Cc1ccc(CN(C)C(=O)C(C)N(c2cc(C)ccc2C)S(C)(=O)=O)cc1. The Morgan fingerprint density at radius 3 is 2.11 bits per heavy atom. The molecule has 146 valence electrons. The second-order valence-electron chi connectivity index (χ2n) is 7.20. The van der Waals surface area contributed by atoms with E-state index in [0.29, 0.717) is 12.2 Å². The summed E-state index contributed by atoms with van der Waals surface area (Å²) in [5.74, 6) is -0.248. The van der Waals surface area contributed by atoms with Gasteiger partial charge in [0.15, 0.2) is 0 Å². The van der Waals surface area contributed by atoms with E-state index < -0.39 is 16.1 Å². The molecule has 6 heteroatoms. The number of benzene rings is 2. The number of hydrogen-bond donors (Lipinski definition) is 0. The first kappa shape index (κ1) is 21.0. The van der Waals surface area contributed by atoms with Gasteiger partial charge in [0.05, 0.1) is 11.9 Å². The molecule has 0 radical (unpaired) electrons. The van der Waals surface area contributed by atoms with E-state index in [1.807, 2.05) is 57.2 Å². The maximum absolute atomic E-state index is 13.0. The van der Waals surface area contributed by atoms with Gasteiger partial charge in [-0.1, -0.05) is 42.0 Å². The highest BCUT2D eigenvalue weighted by molar-refractivity contribution is 7.92. The van der Waals surface area contributed by atoms with E-state index in [1.54, 1.807) is 24.9 Å². The lowest BCUT2D eigenvalue weighted by atomic mass is 10.1. The summed E-state index contributed by atoms with van der Waals surface area (Å²) in [6, 6.07) is 12.7. The molecule has 5 nitrogen and oxygen atoms in total. The maximum Gasteiger partial charge on any atom is 0.246 e. The fourth-order valence-corrected chi connectivity index (χ4v) is 4.31. The van der Waals surface area contributed by atoms with Crippen LogP contribution in [-0.2, 0) is 21.4 Å². The van der Waals surface area contributed by atoms with Gasteiger partial charge >= 0.3 is 0 Å². The summed E-state index contributed by atoms with van der Waals surface area (Å²) < 4.78 is 26.3. The van der Waals surface area contributed by atoms with Gasteiger partial charge in [-0.15, -0.1) is 0 Å². The first-order valence-electron chi connectivity index (χ1n) is 8.88. The van der Waals surface area contributed by atoms with Crippen LogP contribution in [-0.4, -0.2) is 38.6 Å². The van der Waals surface area contributed by atoms with E-state index in [9.17, 15) is 13.2 Å². The monoisotopic (exact) mass is 388 g/mol. The summed E-state index contributed by atoms with van der Waals surface area (Å²) in [6.07, 6.45) is 1.14. The number of hydrogen-bond acceptors (Lipinski definition) is 3. The molecule has 0 aromatic heterocycles. The molecule has 0 N–H and O–H groups in total. The highest BCUT2D eigenvalue weighted by Gasteiger charge is 2.31. The average molecular weight is 389 g/mol. The van der Waals surface area contributed by atoms with E-state index in [2.05, 4.69) is 0 Å². The molecular formula is C21H28N2O3S. The molecule has 0 spiro atoms. The van der Waals surface area contributed by atoms with Crippen molar-refractivity contribution in [3.05, 3.63) is 64.7 Å². The van der Waals surface area contributed by atoms with Crippen LogP contribution in [0.5, 0.6) is 0 Å². The predicted octanol–water partition coefficient (Wildman–Crippen LogP) is 3.42. The van der Waals surface area contributed by atoms with Crippen molar-refractivity contribution in [1.82, 2.24) is 4.90 Å². The minimum absolute atomic E-state index is 0.248. The average Bonchev–Trinajstić information content (AvgIpc) is 2.58. The molecule has 0 aliphatic heterocycles. The minimum atomic E-state index is -3.63. The Hall–Kier alpha value is -2.34. The van der Waals surface area contributed by atoms with E-state index in [1.165, 1.54) is 4.31 Å². The summed E-state index contributed by atoms with van der Waals surface area (Å²) in [7, 11) is -1.93. The van der Waals surface area contributed by atoms with Crippen LogP contribution >= 0.6 is 0 Å². The second-order valence-corrected chi connectivity index (χ2v) is 9.06. The van der Waals surface area contributed by atoms with E-state index >= 15 is 0 Å². The normalized spacial score (nSPS) is 12.5. The summed E-state index contributed by atoms with van der Waals surface area (Å²) in [6.45, 7) is 7.82. The first-order valence-corrected chi connectivity index (χ1v) is 10.7. The van der Waals surface area contributed by atoms with Gasteiger partial charge in [-0.2, -0.15) is 0 Å². The topological polar surface area (TPSA) is 57.7 Å². The number of carbonyl (C=O) groups excluding carboxylic acids is 1. The van der Waals surface area contributed by atoms with E-state index in [4.69, 9.17) is 0 Å². The fourth-order valence-electron chi connectivity index (χ4n) is 3.10. The molecule has 2 rings (SSSR count). The maximum atomic E-state index is 13.0. The van der Waals surface area contributed by atoms with Gasteiger partial charge < -0.3 is 4.90 Å². The van der Waals surface area contributed by atoms with Crippen molar-refractivity contribution in [3.8, 4) is 0 Å².